The molecule has 4 nitrogen and oxygen atoms in total. The molecule has 2 aromatic heterocycles. The fraction of sp³-hybridized carbons (Fsp3) is 0.200. The van der Waals surface area contributed by atoms with Crippen molar-refractivity contribution in [1.82, 2.24) is 14.6 Å². The van der Waals surface area contributed by atoms with Crippen molar-refractivity contribution in [3.63, 3.8) is 0 Å². The number of benzene rings is 1. The van der Waals surface area contributed by atoms with Gasteiger partial charge in [0, 0.05) is 23.9 Å². The van der Waals surface area contributed by atoms with Crippen LogP contribution >= 0.6 is 0 Å². The van der Waals surface area contributed by atoms with E-state index < -0.39 is 0 Å². The van der Waals surface area contributed by atoms with Crippen molar-refractivity contribution in [3.05, 3.63) is 54.4 Å². The second-order valence-electron chi connectivity index (χ2n) is 4.95. The molecule has 0 aliphatic heterocycles. The minimum atomic E-state index is 0.659. The minimum Gasteiger partial charge on any atom is -0.340 e. The normalized spacial score (nSPS) is 14.7. The van der Waals surface area contributed by atoms with Gasteiger partial charge in [0.25, 0.3) is 0 Å². The van der Waals surface area contributed by atoms with E-state index in [1.807, 2.05) is 47.1 Å². The average molecular weight is 250 g/mol. The van der Waals surface area contributed by atoms with Crippen LogP contribution in [0.15, 0.2) is 48.7 Å². The third-order valence-electron chi connectivity index (χ3n) is 3.39. The number of hydrogen-bond acceptors (Lipinski definition) is 3. The van der Waals surface area contributed by atoms with Crippen molar-refractivity contribution in [2.75, 3.05) is 5.32 Å². The molecule has 0 bridgehead atoms. The zero-order chi connectivity index (χ0) is 12.7. The lowest BCUT2D eigenvalue weighted by Crippen LogP contribution is -1.96. The third kappa shape index (κ3) is 2.05. The highest BCUT2D eigenvalue weighted by molar-refractivity contribution is 5.58. The Bertz CT molecular complexity index is 713. The van der Waals surface area contributed by atoms with Crippen molar-refractivity contribution in [2.24, 2.45) is 0 Å². The maximum atomic E-state index is 4.59. The first-order chi connectivity index (χ1) is 9.38. The molecule has 1 N–H and O–H groups in total. The maximum absolute atomic E-state index is 4.59. The van der Waals surface area contributed by atoms with E-state index in [1.165, 1.54) is 18.5 Å². The van der Waals surface area contributed by atoms with Crippen LogP contribution in [0.25, 0.3) is 5.65 Å². The van der Waals surface area contributed by atoms with Crippen LogP contribution in [0.1, 0.15) is 24.5 Å². The molecule has 0 spiro atoms. The molecular weight excluding hydrogens is 236 g/mol. The number of nitrogens with zero attached hydrogens (tertiary/aromatic N) is 3. The number of fused-ring (bicyclic) bond motifs is 1. The Labute approximate surface area is 111 Å². The second kappa shape index (κ2) is 4.09. The van der Waals surface area contributed by atoms with Gasteiger partial charge >= 0.3 is 0 Å². The fourth-order valence-corrected chi connectivity index (χ4v) is 2.22. The van der Waals surface area contributed by atoms with Gasteiger partial charge in [0.1, 0.15) is 5.82 Å². The average Bonchev–Trinajstić information content (AvgIpc) is 3.20. The van der Waals surface area contributed by atoms with Crippen LogP contribution in [0.4, 0.5) is 11.5 Å². The van der Waals surface area contributed by atoms with E-state index in [0.29, 0.717) is 5.92 Å². The van der Waals surface area contributed by atoms with Crippen molar-refractivity contribution in [1.29, 1.82) is 0 Å². The van der Waals surface area contributed by atoms with E-state index >= 15 is 0 Å². The van der Waals surface area contributed by atoms with E-state index in [9.17, 15) is 0 Å². The molecule has 0 saturated heterocycles. The Hall–Kier alpha value is -2.36. The Balaban J connectivity index is 1.67. The molecule has 0 atom stereocenters. The summed E-state index contributed by atoms with van der Waals surface area (Å²) >= 11 is 0. The van der Waals surface area contributed by atoms with Crippen molar-refractivity contribution >= 4 is 17.2 Å². The number of para-hydroxylation sites is 1. The third-order valence-corrected chi connectivity index (χ3v) is 3.39. The standard InChI is InChI=1S/C15H14N4/c1-2-4-12(5-3-1)16-14-8-9-19-15(17-14)10-13(18-19)11-6-7-11/h1-5,8-11H,6-7H2,(H,16,17). The largest absolute Gasteiger partial charge is 0.340 e. The van der Waals surface area contributed by atoms with Gasteiger partial charge in [0.15, 0.2) is 5.65 Å². The van der Waals surface area contributed by atoms with Crippen LogP contribution in [0.5, 0.6) is 0 Å². The highest BCUT2D eigenvalue weighted by Gasteiger charge is 2.26. The lowest BCUT2D eigenvalue weighted by atomic mass is 10.3. The molecule has 19 heavy (non-hydrogen) atoms. The van der Waals surface area contributed by atoms with Gasteiger partial charge in [-0.3, -0.25) is 0 Å². The predicted molar refractivity (Wildman–Crippen MR) is 74.7 cm³/mol. The molecular formula is C15H14N4. The molecule has 1 aromatic carbocycles. The molecule has 0 amide bonds. The quantitative estimate of drug-likeness (QED) is 0.775. The molecule has 0 unspecified atom stereocenters. The SMILES string of the molecule is c1ccc(Nc2ccn3nc(C4CC4)cc3n2)cc1. The highest BCUT2D eigenvalue weighted by Crippen LogP contribution is 2.39. The lowest BCUT2D eigenvalue weighted by Gasteiger charge is -2.04. The topological polar surface area (TPSA) is 42.2 Å². The smallest absolute Gasteiger partial charge is 0.157 e. The monoisotopic (exact) mass is 250 g/mol. The van der Waals surface area contributed by atoms with Crippen molar-refractivity contribution in [3.8, 4) is 0 Å². The summed E-state index contributed by atoms with van der Waals surface area (Å²) in [7, 11) is 0. The highest BCUT2D eigenvalue weighted by atomic mass is 15.3. The van der Waals surface area contributed by atoms with Crippen molar-refractivity contribution < 1.29 is 0 Å². The zero-order valence-corrected chi connectivity index (χ0v) is 10.5. The zero-order valence-electron chi connectivity index (χ0n) is 10.5. The van der Waals surface area contributed by atoms with E-state index in [4.69, 9.17) is 0 Å². The van der Waals surface area contributed by atoms with Crippen LogP contribution in [-0.2, 0) is 0 Å². The molecule has 1 saturated carbocycles. The Morgan fingerprint density at radius 2 is 1.95 bits per heavy atom. The number of hydrogen-bond donors (Lipinski definition) is 1. The van der Waals surface area contributed by atoms with Gasteiger partial charge in [-0.15, -0.1) is 0 Å². The van der Waals surface area contributed by atoms with Crippen LogP contribution in [0.2, 0.25) is 0 Å². The molecule has 3 aromatic rings. The first-order valence-electron chi connectivity index (χ1n) is 6.57. The van der Waals surface area contributed by atoms with Crippen LogP contribution in [0.3, 0.4) is 0 Å². The summed E-state index contributed by atoms with van der Waals surface area (Å²) in [6, 6.07) is 14.1. The van der Waals surface area contributed by atoms with Gasteiger partial charge < -0.3 is 5.32 Å². The summed E-state index contributed by atoms with van der Waals surface area (Å²) in [6.07, 6.45) is 4.48. The second-order valence-corrected chi connectivity index (χ2v) is 4.95. The van der Waals surface area contributed by atoms with E-state index in [1.54, 1.807) is 0 Å². The number of anilines is 2. The Kier molecular flexibility index (Phi) is 2.27. The molecule has 1 aliphatic carbocycles. The molecule has 1 aliphatic rings. The summed E-state index contributed by atoms with van der Waals surface area (Å²) in [5, 5.41) is 7.85. The van der Waals surface area contributed by atoms with Crippen LogP contribution < -0.4 is 5.32 Å². The summed E-state index contributed by atoms with van der Waals surface area (Å²) in [5.41, 5.74) is 3.12. The molecule has 94 valence electrons. The lowest BCUT2D eigenvalue weighted by molar-refractivity contribution is 0.882. The van der Waals surface area contributed by atoms with Gasteiger partial charge in [-0.25, -0.2) is 9.50 Å². The van der Waals surface area contributed by atoms with Gasteiger partial charge in [-0.2, -0.15) is 5.10 Å². The minimum absolute atomic E-state index is 0.659. The number of nitrogens with one attached hydrogen (secondary N) is 1. The molecule has 4 heteroatoms. The van der Waals surface area contributed by atoms with Gasteiger partial charge in [-0.05, 0) is 31.0 Å². The number of aromatic nitrogens is 3. The summed E-state index contributed by atoms with van der Waals surface area (Å²) in [5.74, 6) is 1.51. The summed E-state index contributed by atoms with van der Waals surface area (Å²) < 4.78 is 1.85. The molecule has 4 rings (SSSR count). The van der Waals surface area contributed by atoms with Gasteiger partial charge in [-0.1, -0.05) is 18.2 Å². The van der Waals surface area contributed by atoms with E-state index in [-0.39, 0.29) is 0 Å². The molecule has 2 heterocycles. The van der Waals surface area contributed by atoms with E-state index in [0.717, 1.165) is 17.2 Å². The fourth-order valence-electron chi connectivity index (χ4n) is 2.22. The Morgan fingerprint density at radius 3 is 2.74 bits per heavy atom. The van der Waals surface area contributed by atoms with Gasteiger partial charge in [0.05, 0.1) is 5.69 Å². The molecule has 1 fully saturated rings. The van der Waals surface area contributed by atoms with Crippen LogP contribution in [0, 0.1) is 0 Å². The Morgan fingerprint density at radius 1 is 1.11 bits per heavy atom. The summed E-state index contributed by atoms with van der Waals surface area (Å²) in [4.78, 5) is 4.59. The predicted octanol–water partition coefficient (Wildman–Crippen LogP) is 3.35. The van der Waals surface area contributed by atoms with E-state index in [2.05, 4.69) is 21.5 Å². The first-order valence-corrected chi connectivity index (χ1v) is 6.57. The summed E-state index contributed by atoms with van der Waals surface area (Å²) in [6.45, 7) is 0. The maximum Gasteiger partial charge on any atom is 0.157 e. The van der Waals surface area contributed by atoms with Crippen LogP contribution in [-0.4, -0.2) is 14.6 Å². The first kappa shape index (κ1) is 10.6. The number of rotatable bonds is 3. The van der Waals surface area contributed by atoms with Gasteiger partial charge in [0.2, 0.25) is 0 Å². The molecule has 0 radical (unpaired) electrons. The van der Waals surface area contributed by atoms with Crippen molar-refractivity contribution in [2.45, 2.75) is 18.8 Å².